The topological polar surface area (TPSA) is 55.4 Å². The van der Waals surface area contributed by atoms with Gasteiger partial charge in [0.1, 0.15) is 5.75 Å². The van der Waals surface area contributed by atoms with Crippen LogP contribution >= 0.6 is 0 Å². The van der Waals surface area contributed by atoms with E-state index in [9.17, 15) is 8.42 Å². The van der Waals surface area contributed by atoms with Crippen LogP contribution in [0.25, 0.3) is 0 Å². The SMILES string of the molecule is CS(=O)(=O)NCCc1ccc(OC2CCCC2)cc1. The van der Waals surface area contributed by atoms with E-state index in [1.165, 1.54) is 19.1 Å². The van der Waals surface area contributed by atoms with Gasteiger partial charge >= 0.3 is 0 Å². The third-order valence-corrected chi connectivity index (χ3v) is 4.03. The van der Waals surface area contributed by atoms with E-state index in [0.717, 1.165) is 24.2 Å². The van der Waals surface area contributed by atoms with Crippen molar-refractivity contribution in [1.82, 2.24) is 4.72 Å². The fraction of sp³-hybridized carbons (Fsp3) is 0.571. The number of benzene rings is 1. The van der Waals surface area contributed by atoms with Crippen molar-refractivity contribution in [1.29, 1.82) is 0 Å². The zero-order valence-corrected chi connectivity index (χ0v) is 12.1. The molecule has 0 heterocycles. The van der Waals surface area contributed by atoms with Crippen molar-refractivity contribution in [3.63, 3.8) is 0 Å². The average molecular weight is 283 g/mol. The summed E-state index contributed by atoms with van der Waals surface area (Å²) in [5, 5.41) is 0. The van der Waals surface area contributed by atoms with Crippen molar-refractivity contribution in [2.45, 2.75) is 38.2 Å². The standard InChI is InChI=1S/C14H21NO3S/c1-19(16,17)15-11-10-12-6-8-14(9-7-12)18-13-4-2-3-5-13/h6-9,13,15H,2-5,10-11H2,1H3. The molecule has 0 atom stereocenters. The molecule has 0 aromatic heterocycles. The average Bonchev–Trinajstić information content (AvgIpc) is 2.83. The molecule has 1 fully saturated rings. The highest BCUT2D eigenvalue weighted by Crippen LogP contribution is 2.24. The fourth-order valence-corrected chi connectivity index (χ4v) is 2.79. The van der Waals surface area contributed by atoms with Gasteiger partial charge in [0, 0.05) is 6.54 Å². The lowest BCUT2D eigenvalue weighted by Crippen LogP contribution is -2.24. The number of nitrogens with one attached hydrogen (secondary N) is 1. The van der Waals surface area contributed by atoms with Crippen molar-refractivity contribution >= 4 is 10.0 Å². The molecular formula is C14H21NO3S. The van der Waals surface area contributed by atoms with Gasteiger partial charge in [-0.05, 0) is 49.8 Å². The molecule has 0 spiro atoms. The molecule has 0 unspecified atom stereocenters. The quantitative estimate of drug-likeness (QED) is 0.870. The number of ether oxygens (including phenoxy) is 1. The monoisotopic (exact) mass is 283 g/mol. The first-order valence-corrected chi connectivity index (χ1v) is 8.62. The molecule has 0 radical (unpaired) electrons. The Bertz CT molecular complexity index is 490. The van der Waals surface area contributed by atoms with E-state index >= 15 is 0 Å². The summed E-state index contributed by atoms with van der Waals surface area (Å²) in [6.07, 6.45) is 7.07. The first kappa shape index (κ1) is 14.3. The molecule has 0 amide bonds. The molecule has 4 nitrogen and oxygen atoms in total. The zero-order chi connectivity index (χ0) is 13.7. The normalized spacial score (nSPS) is 16.7. The van der Waals surface area contributed by atoms with E-state index < -0.39 is 10.0 Å². The largest absolute Gasteiger partial charge is 0.490 e. The fourth-order valence-electron chi connectivity index (χ4n) is 2.31. The Morgan fingerprint density at radius 1 is 1.21 bits per heavy atom. The van der Waals surface area contributed by atoms with E-state index in [0.29, 0.717) is 19.1 Å². The second kappa shape index (κ2) is 6.39. The van der Waals surface area contributed by atoms with Gasteiger partial charge in [0.25, 0.3) is 0 Å². The molecular weight excluding hydrogens is 262 g/mol. The third kappa shape index (κ3) is 5.20. The molecule has 1 aliphatic carbocycles. The lowest BCUT2D eigenvalue weighted by molar-refractivity contribution is 0.210. The number of rotatable bonds is 6. The van der Waals surface area contributed by atoms with Gasteiger partial charge in [-0.15, -0.1) is 0 Å². The van der Waals surface area contributed by atoms with Crippen molar-refractivity contribution in [3.8, 4) is 5.75 Å². The molecule has 106 valence electrons. The minimum Gasteiger partial charge on any atom is -0.490 e. The Labute approximate surface area is 115 Å². The highest BCUT2D eigenvalue weighted by atomic mass is 32.2. The number of hydrogen-bond acceptors (Lipinski definition) is 3. The molecule has 0 saturated heterocycles. The highest BCUT2D eigenvalue weighted by molar-refractivity contribution is 7.88. The molecule has 0 aliphatic heterocycles. The van der Waals surface area contributed by atoms with Crippen LogP contribution in [0.4, 0.5) is 0 Å². The summed E-state index contributed by atoms with van der Waals surface area (Å²) in [4.78, 5) is 0. The molecule has 1 N–H and O–H groups in total. The van der Waals surface area contributed by atoms with Crippen LogP contribution in [-0.4, -0.2) is 27.3 Å². The van der Waals surface area contributed by atoms with Gasteiger partial charge in [0.15, 0.2) is 0 Å². The Morgan fingerprint density at radius 3 is 2.42 bits per heavy atom. The maximum absolute atomic E-state index is 10.9. The first-order valence-electron chi connectivity index (χ1n) is 6.73. The Balaban J connectivity index is 1.80. The molecule has 1 aliphatic rings. The zero-order valence-electron chi connectivity index (χ0n) is 11.3. The summed E-state index contributed by atoms with van der Waals surface area (Å²) in [5.74, 6) is 0.909. The van der Waals surface area contributed by atoms with E-state index in [1.54, 1.807) is 0 Å². The Hall–Kier alpha value is -1.07. The molecule has 1 aromatic carbocycles. The van der Waals surface area contributed by atoms with E-state index in [-0.39, 0.29) is 0 Å². The first-order chi connectivity index (χ1) is 9.03. The minimum atomic E-state index is -3.09. The molecule has 1 saturated carbocycles. The van der Waals surface area contributed by atoms with E-state index in [4.69, 9.17) is 4.74 Å². The van der Waals surface area contributed by atoms with Gasteiger partial charge in [-0.2, -0.15) is 0 Å². The van der Waals surface area contributed by atoms with Crippen LogP contribution < -0.4 is 9.46 Å². The van der Waals surface area contributed by atoms with Crippen LogP contribution in [0, 0.1) is 0 Å². The van der Waals surface area contributed by atoms with Gasteiger partial charge in [-0.3, -0.25) is 0 Å². The lowest BCUT2D eigenvalue weighted by atomic mass is 10.1. The molecule has 0 bridgehead atoms. The second-order valence-corrected chi connectivity index (χ2v) is 6.92. The second-order valence-electron chi connectivity index (χ2n) is 5.08. The van der Waals surface area contributed by atoms with Gasteiger partial charge in [0.05, 0.1) is 12.4 Å². The van der Waals surface area contributed by atoms with Crippen molar-refractivity contribution in [3.05, 3.63) is 29.8 Å². The number of sulfonamides is 1. The van der Waals surface area contributed by atoms with Crippen LogP contribution in [0.15, 0.2) is 24.3 Å². The van der Waals surface area contributed by atoms with Crippen LogP contribution in [0.2, 0.25) is 0 Å². The van der Waals surface area contributed by atoms with Crippen LogP contribution in [0.3, 0.4) is 0 Å². The summed E-state index contributed by atoms with van der Waals surface area (Å²) in [7, 11) is -3.09. The molecule has 19 heavy (non-hydrogen) atoms. The van der Waals surface area contributed by atoms with Crippen LogP contribution in [0.5, 0.6) is 5.75 Å². The van der Waals surface area contributed by atoms with E-state index in [2.05, 4.69) is 4.72 Å². The predicted octanol–water partition coefficient (Wildman–Crippen LogP) is 2.10. The van der Waals surface area contributed by atoms with Crippen molar-refractivity contribution in [2.24, 2.45) is 0 Å². The summed E-state index contributed by atoms with van der Waals surface area (Å²) >= 11 is 0. The van der Waals surface area contributed by atoms with Crippen LogP contribution in [-0.2, 0) is 16.4 Å². The van der Waals surface area contributed by atoms with E-state index in [1.807, 2.05) is 24.3 Å². The van der Waals surface area contributed by atoms with Gasteiger partial charge in [0.2, 0.25) is 10.0 Å². The Morgan fingerprint density at radius 2 is 1.84 bits per heavy atom. The lowest BCUT2D eigenvalue weighted by Gasteiger charge is -2.13. The molecule has 2 rings (SSSR count). The summed E-state index contributed by atoms with van der Waals surface area (Å²) in [6, 6.07) is 7.92. The van der Waals surface area contributed by atoms with Gasteiger partial charge < -0.3 is 4.74 Å². The van der Waals surface area contributed by atoms with Crippen molar-refractivity contribution < 1.29 is 13.2 Å². The molecule has 5 heteroatoms. The van der Waals surface area contributed by atoms with Gasteiger partial charge in [-0.1, -0.05) is 12.1 Å². The summed E-state index contributed by atoms with van der Waals surface area (Å²) < 4.78 is 30.2. The molecule has 1 aromatic rings. The maximum Gasteiger partial charge on any atom is 0.208 e. The van der Waals surface area contributed by atoms with Crippen LogP contribution in [0.1, 0.15) is 31.2 Å². The smallest absolute Gasteiger partial charge is 0.208 e. The predicted molar refractivity (Wildman–Crippen MR) is 75.9 cm³/mol. The van der Waals surface area contributed by atoms with Crippen molar-refractivity contribution in [2.75, 3.05) is 12.8 Å². The third-order valence-electron chi connectivity index (χ3n) is 3.31. The summed E-state index contributed by atoms with van der Waals surface area (Å²) in [6.45, 7) is 0.432. The highest BCUT2D eigenvalue weighted by Gasteiger charge is 2.16. The number of hydrogen-bond donors (Lipinski definition) is 1. The summed E-state index contributed by atoms with van der Waals surface area (Å²) in [5.41, 5.74) is 1.11. The Kier molecular flexibility index (Phi) is 4.82. The maximum atomic E-state index is 10.9. The van der Waals surface area contributed by atoms with Gasteiger partial charge in [-0.25, -0.2) is 13.1 Å². The minimum absolute atomic E-state index is 0.373.